The van der Waals surface area contributed by atoms with E-state index in [0.29, 0.717) is 27.3 Å². The van der Waals surface area contributed by atoms with Crippen LogP contribution in [0.25, 0.3) is 0 Å². The Balaban J connectivity index is 1.38. The molecule has 0 spiro atoms. The molecule has 160 valence electrons. The van der Waals surface area contributed by atoms with E-state index < -0.39 is 10.0 Å². The van der Waals surface area contributed by atoms with E-state index in [9.17, 15) is 8.42 Å². The van der Waals surface area contributed by atoms with Crippen molar-refractivity contribution in [3.05, 3.63) is 53.1 Å². The van der Waals surface area contributed by atoms with E-state index in [4.69, 9.17) is 4.74 Å². The molecule has 0 radical (unpaired) electrons. The Kier molecular flexibility index (Phi) is 4.66. The first-order chi connectivity index (χ1) is 14.3. The van der Waals surface area contributed by atoms with Gasteiger partial charge in [0.2, 0.25) is 0 Å². The molecule has 0 saturated heterocycles. The van der Waals surface area contributed by atoms with Gasteiger partial charge >= 0.3 is 0 Å². The number of nitrogens with one attached hydrogen (secondary N) is 1. The molecule has 4 saturated carbocycles. The third-order valence-electron chi connectivity index (χ3n) is 7.77. The Labute approximate surface area is 180 Å². The lowest BCUT2D eigenvalue weighted by Crippen LogP contribution is -2.48. The molecule has 2 aromatic rings. The highest BCUT2D eigenvalue weighted by molar-refractivity contribution is 7.92. The second-order valence-corrected chi connectivity index (χ2v) is 11.6. The molecule has 0 unspecified atom stereocenters. The van der Waals surface area contributed by atoms with Crippen molar-refractivity contribution in [2.24, 2.45) is 17.8 Å². The average molecular weight is 426 g/mol. The fourth-order valence-electron chi connectivity index (χ4n) is 6.84. The number of hydrogen-bond acceptors (Lipinski definition) is 3. The molecule has 0 atom stereocenters. The maximum atomic E-state index is 13.0. The fraction of sp³-hybridized carbons (Fsp3) is 0.520. The van der Waals surface area contributed by atoms with Gasteiger partial charge in [-0.2, -0.15) is 0 Å². The van der Waals surface area contributed by atoms with Gasteiger partial charge in [0.1, 0.15) is 5.75 Å². The van der Waals surface area contributed by atoms with Crippen LogP contribution in [0.2, 0.25) is 0 Å². The van der Waals surface area contributed by atoms with Crippen molar-refractivity contribution in [2.75, 3.05) is 11.8 Å². The van der Waals surface area contributed by atoms with Crippen molar-refractivity contribution >= 4 is 15.7 Å². The van der Waals surface area contributed by atoms with Crippen LogP contribution in [0, 0.1) is 31.6 Å². The quantitative estimate of drug-likeness (QED) is 0.680. The predicted molar refractivity (Wildman–Crippen MR) is 120 cm³/mol. The van der Waals surface area contributed by atoms with Crippen LogP contribution in [0.4, 0.5) is 5.69 Å². The molecule has 4 nitrogen and oxygen atoms in total. The van der Waals surface area contributed by atoms with Gasteiger partial charge in [0.15, 0.2) is 0 Å². The molecule has 5 heteroatoms. The third-order valence-corrected chi connectivity index (χ3v) is 9.29. The normalized spacial score (nSPS) is 29.8. The summed E-state index contributed by atoms with van der Waals surface area (Å²) in [5, 5.41) is 0. The first-order valence-corrected chi connectivity index (χ1v) is 12.5. The Hall–Kier alpha value is -2.01. The zero-order chi connectivity index (χ0) is 21.1. The molecular weight excluding hydrogens is 394 g/mol. The van der Waals surface area contributed by atoms with Crippen molar-refractivity contribution in [2.45, 2.75) is 62.7 Å². The summed E-state index contributed by atoms with van der Waals surface area (Å²) in [4.78, 5) is 0.297. The summed E-state index contributed by atoms with van der Waals surface area (Å²) in [6.07, 6.45) is 8.23. The van der Waals surface area contributed by atoms with Crippen molar-refractivity contribution < 1.29 is 13.2 Å². The van der Waals surface area contributed by atoms with E-state index in [1.54, 1.807) is 26.2 Å². The molecule has 0 aromatic heterocycles. The molecule has 6 rings (SSSR count). The maximum absolute atomic E-state index is 13.0. The number of rotatable bonds is 5. The van der Waals surface area contributed by atoms with Gasteiger partial charge < -0.3 is 4.74 Å². The summed E-state index contributed by atoms with van der Waals surface area (Å²) in [6, 6.07) is 11.7. The highest BCUT2D eigenvalue weighted by atomic mass is 32.2. The Morgan fingerprint density at radius 2 is 1.47 bits per heavy atom. The monoisotopic (exact) mass is 425 g/mol. The van der Waals surface area contributed by atoms with Crippen LogP contribution in [0.5, 0.6) is 5.75 Å². The smallest absolute Gasteiger partial charge is 0.262 e. The fourth-order valence-corrected chi connectivity index (χ4v) is 8.21. The number of benzene rings is 2. The van der Waals surface area contributed by atoms with E-state index >= 15 is 0 Å². The Morgan fingerprint density at radius 1 is 0.900 bits per heavy atom. The highest BCUT2D eigenvalue weighted by Gasteiger charge is 2.51. The van der Waals surface area contributed by atoms with E-state index in [-0.39, 0.29) is 0 Å². The molecule has 1 N–H and O–H groups in total. The van der Waals surface area contributed by atoms with Gasteiger partial charge in [0, 0.05) is 5.69 Å². The molecule has 0 amide bonds. The minimum absolute atomic E-state index is 0.297. The third kappa shape index (κ3) is 3.31. The summed E-state index contributed by atoms with van der Waals surface area (Å²) in [5.74, 6) is 3.40. The van der Waals surface area contributed by atoms with Gasteiger partial charge in [-0.05, 0) is 116 Å². The molecular formula is C25H31NO3S. The SMILES string of the molecule is COc1cc(C)c(S(=O)(=O)Nc2ccc(C34CC5CC(CC(C5)C3)C4)cc2)cc1C. The van der Waals surface area contributed by atoms with Crippen molar-refractivity contribution in [3.8, 4) is 5.75 Å². The Bertz CT molecular complexity index is 1040. The summed E-state index contributed by atoms with van der Waals surface area (Å²) in [6.45, 7) is 3.66. The molecule has 4 aliphatic carbocycles. The number of hydrogen-bond donors (Lipinski definition) is 1. The maximum Gasteiger partial charge on any atom is 0.262 e. The summed E-state index contributed by atoms with van der Waals surface area (Å²) < 4.78 is 34.1. The lowest BCUT2D eigenvalue weighted by molar-refractivity contribution is -0.00518. The van der Waals surface area contributed by atoms with E-state index in [1.165, 1.54) is 44.1 Å². The minimum atomic E-state index is -3.65. The van der Waals surface area contributed by atoms with Crippen LogP contribution in [-0.2, 0) is 15.4 Å². The topological polar surface area (TPSA) is 55.4 Å². The van der Waals surface area contributed by atoms with Crippen LogP contribution in [0.1, 0.15) is 55.2 Å². The summed E-state index contributed by atoms with van der Waals surface area (Å²) in [5.41, 5.74) is 3.84. The van der Waals surface area contributed by atoms with E-state index in [1.807, 2.05) is 19.1 Å². The minimum Gasteiger partial charge on any atom is -0.496 e. The van der Waals surface area contributed by atoms with Crippen LogP contribution in [-0.4, -0.2) is 15.5 Å². The molecule has 0 aliphatic heterocycles. The lowest BCUT2D eigenvalue weighted by atomic mass is 9.48. The van der Waals surface area contributed by atoms with Crippen molar-refractivity contribution in [1.82, 2.24) is 0 Å². The van der Waals surface area contributed by atoms with Gasteiger partial charge in [-0.3, -0.25) is 4.72 Å². The zero-order valence-corrected chi connectivity index (χ0v) is 18.9. The first kappa shape index (κ1) is 19.9. The van der Waals surface area contributed by atoms with Gasteiger partial charge in [-0.25, -0.2) is 8.42 Å². The number of ether oxygens (including phenoxy) is 1. The molecule has 4 fully saturated rings. The van der Waals surface area contributed by atoms with Crippen molar-refractivity contribution in [1.29, 1.82) is 0 Å². The number of sulfonamides is 1. The number of anilines is 1. The number of aryl methyl sites for hydroxylation is 2. The second kappa shape index (κ2) is 7.01. The summed E-state index contributed by atoms with van der Waals surface area (Å²) in [7, 11) is -2.06. The zero-order valence-electron chi connectivity index (χ0n) is 18.1. The van der Waals surface area contributed by atoms with Crippen LogP contribution < -0.4 is 9.46 Å². The van der Waals surface area contributed by atoms with E-state index in [0.717, 1.165) is 23.3 Å². The van der Waals surface area contributed by atoms with Gasteiger partial charge in [0.25, 0.3) is 10.0 Å². The van der Waals surface area contributed by atoms with Crippen LogP contribution >= 0.6 is 0 Å². The van der Waals surface area contributed by atoms with E-state index in [2.05, 4.69) is 16.9 Å². The molecule has 2 aromatic carbocycles. The lowest BCUT2D eigenvalue weighted by Gasteiger charge is -2.57. The standard InChI is InChI=1S/C25H31NO3S/c1-16-9-24(17(2)8-23(16)29-3)30(27,28)26-22-6-4-21(5-7-22)25-13-18-10-19(14-25)12-20(11-18)15-25/h4-9,18-20,26H,10-15H2,1-3H3. The first-order valence-electron chi connectivity index (χ1n) is 11.1. The second-order valence-electron chi connectivity index (χ2n) is 9.97. The molecule has 4 bridgehead atoms. The molecule has 4 aliphatic rings. The Morgan fingerprint density at radius 3 is 2.00 bits per heavy atom. The number of methoxy groups -OCH3 is 1. The van der Waals surface area contributed by atoms with Gasteiger partial charge in [-0.1, -0.05) is 12.1 Å². The van der Waals surface area contributed by atoms with Gasteiger partial charge in [0.05, 0.1) is 12.0 Å². The summed E-state index contributed by atoms with van der Waals surface area (Å²) >= 11 is 0. The van der Waals surface area contributed by atoms with Gasteiger partial charge in [-0.15, -0.1) is 0 Å². The van der Waals surface area contributed by atoms with Crippen molar-refractivity contribution in [3.63, 3.8) is 0 Å². The van der Waals surface area contributed by atoms with Crippen LogP contribution in [0.15, 0.2) is 41.3 Å². The highest BCUT2D eigenvalue weighted by Crippen LogP contribution is 2.60. The molecule has 30 heavy (non-hydrogen) atoms. The molecule has 0 heterocycles. The largest absolute Gasteiger partial charge is 0.496 e. The average Bonchev–Trinajstić information content (AvgIpc) is 2.68. The van der Waals surface area contributed by atoms with Crippen LogP contribution in [0.3, 0.4) is 0 Å². The predicted octanol–water partition coefficient (Wildman–Crippen LogP) is 5.58.